The number of ketones is 1. The van der Waals surface area contributed by atoms with Crippen molar-refractivity contribution in [2.45, 2.75) is 6.36 Å². The normalized spacial score (nSPS) is 10.1. The van der Waals surface area contributed by atoms with Crippen molar-refractivity contribution in [1.29, 1.82) is 0 Å². The summed E-state index contributed by atoms with van der Waals surface area (Å²) in [6.45, 7) is 0. The minimum absolute atomic E-state index is 0. The first-order valence-corrected chi connectivity index (χ1v) is 9.52. The number of benzene rings is 3. The Balaban J connectivity index is 0.000000407. The van der Waals surface area contributed by atoms with Crippen LogP contribution in [0.2, 0.25) is 5.02 Å². The van der Waals surface area contributed by atoms with Gasteiger partial charge < -0.3 is 15.2 Å². The Kier molecular flexibility index (Phi) is 10.6. The van der Waals surface area contributed by atoms with Crippen LogP contribution in [0.25, 0.3) is 0 Å². The summed E-state index contributed by atoms with van der Waals surface area (Å²) in [5.74, 6) is -1.60. The molecule has 0 bridgehead atoms. The van der Waals surface area contributed by atoms with Gasteiger partial charge in [-0.1, -0.05) is 48.0 Å². The molecule has 3 aromatic carbocycles. The lowest BCUT2D eigenvalue weighted by molar-refractivity contribution is -0.274. The lowest BCUT2D eigenvalue weighted by Crippen LogP contribution is -2.17. The van der Waals surface area contributed by atoms with E-state index in [0.717, 1.165) is 12.1 Å². The molecule has 0 saturated heterocycles. The van der Waals surface area contributed by atoms with Gasteiger partial charge in [-0.25, -0.2) is 4.79 Å². The van der Waals surface area contributed by atoms with Crippen molar-refractivity contribution < 1.29 is 37.0 Å². The second-order valence-electron chi connectivity index (χ2n) is 6.31. The quantitative estimate of drug-likeness (QED) is 0.201. The number of alkyl halides is 3. The van der Waals surface area contributed by atoms with Crippen LogP contribution in [0.15, 0.2) is 66.7 Å². The first-order valence-electron chi connectivity index (χ1n) is 9.14. The first-order chi connectivity index (χ1) is 15.6. The molecule has 34 heavy (non-hydrogen) atoms. The number of hydrogen-bond donors (Lipinski definition) is 1. The first kappa shape index (κ1) is 28.5. The minimum atomic E-state index is -4.86. The number of para-hydroxylation sites is 1. The van der Waals surface area contributed by atoms with E-state index in [4.69, 9.17) is 17.3 Å². The maximum absolute atomic E-state index is 12.4. The summed E-state index contributed by atoms with van der Waals surface area (Å²) in [5.41, 5.74) is 6.27. The number of halogens is 5. The third-order valence-electron chi connectivity index (χ3n) is 4.10. The van der Waals surface area contributed by atoms with Gasteiger partial charge in [-0.3, -0.25) is 9.59 Å². The Labute approximate surface area is 203 Å². The zero-order valence-electron chi connectivity index (χ0n) is 17.5. The van der Waals surface area contributed by atoms with Gasteiger partial charge in [-0.15, -0.1) is 25.6 Å². The van der Waals surface area contributed by atoms with Crippen LogP contribution in [-0.2, 0) is 4.74 Å². The molecule has 3 rings (SSSR count). The van der Waals surface area contributed by atoms with Crippen LogP contribution in [0.1, 0.15) is 36.6 Å². The molecule has 6 nitrogen and oxygen atoms in total. The van der Waals surface area contributed by atoms with Crippen LogP contribution < -0.4 is 10.5 Å². The zero-order valence-corrected chi connectivity index (χ0v) is 19.0. The SMILES string of the molecule is COC(=O)c1ccccc1N.Cl.O=Cc1cccc(Cl)c1C(=O)c1cccc(OC(F)(F)F)c1. The molecule has 0 aliphatic carbocycles. The fourth-order valence-corrected chi connectivity index (χ4v) is 2.92. The van der Waals surface area contributed by atoms with Gasteiger partial charge in [0.1, 0.15) is 5.75 Å². The minimum Gasteiger partial charge on any atom is -0.465 e. The molecule has 180 valence electrons. The summed E-state index contributed by atoms with van der Waals surface area (Å²) in [7, 11) is 1.33. The Morgan fingerprint density at radius 2 is 1.65 bits per heavy atom. The van der Waals surface area contributed by atoms with E-state index in [1.807, 2.05) is 0 Å². The molecule has 0 radical (unpaired) electrons. The lowest BCUT2D eigenvalue weighted by atomic mass is 9.99. The lowest BCUT2D eigenvalue weighted by Gasteiger charge is -2.10. The van der Waals surface area contributed by atoms with Crippen molar-refractivity contribution in [2.75, 3.05) is 12.8 Å². The molecule has 0 fully saturated rings. The van der Waals surface area contributed by atoms with Crippen LogP contribution in [0.3, 0.4) is 0 Å². The van der Waals surface area contributed by atoms with Crippen LogP contribution in [0.5, 0.6) is 5.75 Å². The Hall–Kier alpha value is -3.56. The predicted molar refractivity (Wildman–Crippen MR) is 123 cm³/mol. The van der Waals surface area contributed by atoms with Crippen molar-refractivity contribution in [1.82, 2.24) is 0 Å². The molecule has 0 heterocycles. The van der Waals surface area contributed by atoms with Gasteiger partial charge in [-0.05, 0) is 30.3 Å². The van der Waals surface area contributed by atoms with E-state index in [1.54, 1.807) is 24.3 Å². The van der Waals surface area contributed by atoms with Crippen LogP contribution >= 0.6 is 24.0 Å². The number of rotatable bonds is 5. The van der Waals surface area contributed by atoms with E-state index in [1.165, 1.54) is 37.4 Å². The standard InChI is InChI=1S/C15H8ClF3O3.C8H9NO2.ClH/c16-12-6-2-4-10(8-20)13(12)14(21)9-3-1-5-11(7-9)22-15(17,18)19;1-11-8(10)6-4-2-3-5-7(6)9;/h1-8H;2-5H,9H2,1H3;1H. The summed E-state index contributed by atoms with van der Waals surface area (Å²) in [5, 5.41) is 0.0387. The molecule has 0 aliphatic heterocycles. The predicted octanol–water partition coefficient (Wildman–Crippen LogP) is 5.76. The van der Waals surface area contributed by atoms with Crippen molar-refractivity contribution in [3.63, 3.8) is 0 Å². The summed E-state index contributed by atoms with van der Waals surface area (Å²) in [4.78, 5) is 34.3. The van der Waals surface area contributed by atoms with E-state index in [0.29, 0.717) is 17.5 Å². The van der Waals surface area contributed by atoms with Gasteiger partial charge in [0.15, 0.2) is 12.1 Å². The van der Waals surface area contributed by atoms with Gasteiger partial charge in [0.2, 0.25) is 0 Å². The Morgan fingerprint density at radius 3 is 2.24 bits per heavy atom. The Bertz CT molecular complexity index is 1170. The molecular formula is C23H18Cl2F3NO5. The van der Waals surface area contributed by atoms with Crippen molar-refractivity contribution in [3.05, 3.63) is 94.0 Å². The summed E-state index contributed by atoms with van der Waals surface area (Å²) >= 11 is 5.91. The molecule has 0 atom stereocenters. The third-order valence-corrected chi connectivity index (χ3v) is 4.41. The number of esters is 1. The third kappa shape index (κ3) is 7.79. The second-order valence-corrected chi connectivity index (χ2v) is 6.71. The largest absolute Gasteiger partial charge is 0.573 e. The van der Waals surface area contributed by atoms with Gasteiger partial charge >= 0.3 is 12.3 Å². The molecule has 11 heteroatoms. The van der Waals surface area contributed by atoms with Crippen LogP contribution in [0.4, 0.5) is 18.9 Å². The van der Waals surface area contributed by atoms with E-state index in [2.05, 4.69) is 9.47 Å². The summed E-state index contributed by atoms with van der Waals surface area (Å²) in [6, 6.07) is 15.6. The number of aldehydes is 1. The fourth-order valence-electron chi connectivity index (χ4n) is 2.65. The molecule has 0 aromatic heterocycles. The van der Waals surface area contributed by atoms with Gasteiger partial charge in [-0.2, -0.15) is 0 Å². The van der Waals surface area contributed by atoms with E-state index < -0.39 is 23.9 Å². The van der Waals surface area contributed by atoms with Gasteiger partial charge in [0, 0.05) is 16.8 Å². The van der Waals surface area contributed by atoms with Gasteiger partial charge in [0.25, 0.3) is 0 Å². The number of carbonyl (C=O) groups excluding carboxylic acids is 3. The molecule has 0 spiro atoms. The topological polar surface area (TPSA) is 95.7 Å². The van der Waals surface area contributed by atoms with Crippen LogP contribution in [0, 0.1) is 0 Å². The monoisotopic (exact) mass is 515 g/mol. The number of anilines is 1. The molecular weight excluding hydrogens is 498 g/mol. The van der Waals surface area contributed by atoms with Gasteiger partial charge in [0.05, 0.1) is 23.3 Å². The molecule has 3 aromatic rings. The number of nitrogen functional groups attached to an aromatic ring is 1. The zero-order chi connectivity index (χ0) is 24.6. The molecule has 0 unspecified atom stereocenters. The molecule has 0 amide bonds. The van der Waals surface area contributed by atoms with Crippen molar-refractivity contribution in [2.24, 2.45) is 0 Å². The highest BCUT2D eigenvalue weighted by molar-refractivity contribution is 6.35. The number of ether oxygens (including phenoxy) is 2. The van der Waals surface area contributed by atoms with E-state index >= 15 is 0 Å². The maximum atomic E-state index is 12.4. The number of methoxy groups -OCH3 is 1. The molecule has 2 N–H and O–H groups in total. The second kappa shape index (κ2) is 12.6. The molecule has 0 saturated carbocycles. The maximum Gasteiger partial charge on any atom is 0.573 e. The highest BCUT2D eigenvalue weighted by atomic mass is 35.5. The van der Waals surface area contributed by atoms with E-state index in [-0.39, 0.29) is 34.1 Å². The molecule has 0 aliphatic rings. The van der Waals surface area contributed by atoms with E-state index in [9.17, 15) is 27.6 Å². The van der Waals surface area contributed by atoms with Crippen molar-refractivity contribution in [3.8, 4) is 5.75 Å². The highest BCUT2D eigenvalue weighted by Crippen LogP contribution is 2.27. The summed E-state index contributed by atoms with van der Waals surface area (Å²) < 4.78 is 44.9. The Morgan fingerprint density at radius 1 is 1.00 bits per heavy atom. The average Bonchev–Trinajstić information content (AvgIpc) is 2.77. The van der Waals surface area contributed by atoms with Crippen molar-refractivity contribution >= 4 is 47.7 Å². The highest BCUT2D eigenvalue weighted by Gasteiger charge is 2.31. The van der Waals surface area contributed by atoms with Crippen LogP contribution in [-0.4, -0.2) is 31.5 Å². The smallest absolute Gasteiger partial charge is 0.465 e. The summed E-state index contributed by atoms with van der Waals surface area (Å²) in [6.07, 6.45) is -4.41. The number of nitrogens with two attached hydrogens (primary N) is 1. The number of carbonyl (C=O) groups is 3. The number of hydrogen-bond acceptors (Lipinski definition) is 6. The fraction of sp³-hybridized carbons (Fsp3) is 0.0870. The average molecular weight is 516 g/mol.